The van der Waals surface area contributed by atoms with Gasteiger partial charge in [0, 0.05) is 11.8 Å². The Balaban J connectivity index is 2.85. The lowest BCUT2D eigenvalue weighted by Gasteiger charge is -2.41. The number of carbonyl (C=O) groups is 1. The lowest BCUT2D eigenvalue weighted by atomic mass is 9.82. The molecule has 0 aliphatic carbocycles. The number of nitrogens with zero attached hydrogens (tertiary/aromatic N) is 4. The molecule has 0 saturated carbocycles. The first-order valence-electron chi connectivity index (χ1n) is 6.01. The number of azide groups is 1. The molecule has 0 aromatic rings. The molecule has 3 unspecified atom stereocenters. The predicted molar refractivity (Wildman–Crippen MR) is 64.6 cm³/mol. The molecule has 10 heteroatoms. The van der Waals surface area contributed by atoms with Crippen molar-refractivity contribution in [3.8, 4) is 0 Å². The van der Waals surface area contributed by atoms with E-state index in [-0.39, 0.29) is 18.4 Å². The number of rotatable bonds is 5. The van der Waals surface area contributed by atoms with Gasteiger partial charge >= 0.3 is 5.97 Å². The lowest BCUT2D eigenvalue weighted by molar-refractivity contribution is -0.783. The van der Waals surface area contributed by atoms with Crippen LogP contribution in [-0.2, 0) is 19.1 Å². The highest BCUT2D eigenvalue weighted by Gasteiger charge is 2.43. The van der Waals surface area contributed by atoms with E-state index in [9.17, 15) is 14.9 Å². The van der Waals surface area contributed by atoms with Crippen LogP contribution in [0.15, 0.2) is 5.11 Å². The smallest absolute Gasteiger partial charge is 0.302 e. The van der Waals surface area contributed by atoms with Crippen molar-refractivity contribution in [2.75, 3.05) is 6.61 Å². The summed E-state index contributed by atoms with van der Waals surface area (Å²) in [5.74, 6) is -0.834. The fourth-order valence-electron chi connectivity index (χ4n) is 2.06. The molecule has 10 nitrogen and oxygen atoms in total. The van der Waals surface area contributed by atoms with Crippen LogP contribution in [0.2, 0.25) is 0 Å². The molecule has 0 aromatic carbocycles. The van der Waals surface area contributed by atoms with E-state index in [1.165, 1.54) is 6.92 Å². The number of hydrogen-bond donors (Lipinski definition) is 0. The molecule has 5 atom stereocenters. The summed E-state index contributed by atoms with van der Waals surface area (Å²) in [6, 6.07) is -0.825. The Labute approximate surface area is 114 Å². The van der Waals surface area contributed by atoms with Crippen molar-refractivity contribution < 1.29 is 24.2 Å². The first-order chi connectivity index (χ1) is 9.36. The van der Waals surface area contributed by atoms with E-state index in [4.69, 9.17) is 15.0 Å². The van der Waals surface area contributed by atoms with Crippen LogP contribution in [-0.4, -0.2) is 36.1 Å². The van der Waals surface area contributed by atoms with Gasteiger partial charge in [0.2, 0.25) is 6.29 Å². The van der Waals surface area contributed by atoms with Crippen LogP contribution in [0.25, 0.3) is 10.4 Å². The maximum atomic E-state index is 10.8. The van der Waals surface area contributed by atoms with E-state index < -0.39 is 29.5 Å². The van der Waals surface area contributed by atoms with Crippen LogP contribution in [0.1, 0.15) is 20.8 Å². The second-order valence-electron chi connectivity index (χ2n) is 4.59. The monoisotopic (exact) mass is 288 g/mol. The Hall–Kier alpha value is -2.06. The Morgan fingerprint density at radius 1 is 1.50 bits per heavy atom. The first kappa shape index (κ1) is 16.0. The average molecular weight is 288 g/mol. The Morgan fingerprint density at radius 3 is 2.65 bits per heavy atom. The minimum Gasteiger partial charge on any atom is -0.463 e. The number of carbonyl (C=O) groups excluding carboxylic acids is 1. The zero-order valence-electron chi connectivity index (χ0n) is 11.3. The predicted octanol–water partition coefficient (Wildman–Crippen LogP) is 1.43. The summed E-state index contributed by atoms with van der Waals surface area (Å²) < 4.78 is 10.2. The lowest BCUT2D eigenvalue weighted by Crippen LogP contribution is -2.51. The molecule has 0 bridgehead atoms. The van der Waals surface area contributed by atoms with Gasteiger partial charge < -0.3 is 9.47 Å². The Kier molecular flexibility index (Phi) is 5.53. The third kappa shape index (κ3) is 3.97. The highest BCUT2D eigenvalue weighted by Crippen LogP contribution is 2.33. The molecule has 1 fully saturated rings. The van der Waals surface area contributed by atoms with E-state index in [0.717, 1.165) is 0 Å². The average Bonchev–Trinajstić information content (AvgIpc) is 2.36. The summed E-state index contributed by atoms with van der Waals surface area (Å²) in [6.07, 6.45) is -1.88. The Morgan fingerprint density at radius 2 is 2.15 bits per heavy atom. The molecule has 0 amide bonds. The molecule has 0 spiro atoms. The molecule has 112 valence electrons. The molecular formula is C10H16N4O6. The second-order valence-corrected chi connectivity index (χ2v) is 4.59. The molecule has 0 radical (unpaired) electrons. The van der Waals surface area contributed by atoms with Gasteiger partial charge in [-0.1, -0.05) is 19.0 Å². The molecule has 1 saturated heterocycles. The highest BCUT2D eigenvalue weighted by atomic mass is 17.0. The van der Waals surface area contributed by atoms with Crippen LogP contribution in [0, 0.1) is 22.0 Å². The summed E-state index contributed by atoms with van der Waals surface area (Å²) >= 11 is 0. The van der Waals surface area contributed by atoms with E-state index in [1.54, 1.807) is 6.92 Å². The minimum atomic E-state index is -1.31. The summed E-state index contributed by atoms with van der Waals surface area (Å²) in [5.41, 5.74) is 8.52. The highest BCUT2D eigenvalue weighted by molar-refractivity contribution is 5.65. The molecule has 1 heterocycles. The van der Waals surface area contributed by atoms with E-state index in [2.05, 4.69) is 14.9 Å². The summed E-state index contributed by atoms with van der Waals surface area (Å²) in [5, 5.41) is 13.0. The van der Waals surface area contributed by atoms with Crippen molar-refractivity contribution in [1.29, 1.82) is 0 Å². The van der Waals surface area contributed by atoms with Gasteiger partial charge in [-0.05, 0) is 17.4 Å². The standard InChI is InChI=1S/C10H16N4O6/c1-5-6(2)9(12-13-11)10(20-14(16)17)19-8(5)4-18-7(3)15/h5-6,8-10H,4H2,1-3H3/t5-,6-,8?,9?,10?/m0/s1. The van der Waals surface area contributed by atoms with Gasteiger partial charge in [0.1, 0.15) is 6.61 Å². The molecule has 1 aliphatic heterocycles. The number of esters is 1. The van der Waals surface area contributed by atoms with Crippen LogP contribution >= 0.6 is 0 Å². The normalized spacial score (nSPS) is 32.9. The minimum absolute atomic E-state index is 0.0403. The van der Waals surface area contributed by atoms with E-state index >= 15 is 0 Å². The topological polar surface area (TPSA) is 137 Å². The van der Waals surface area contributed by atoms with Crippen molar-refractivity contribution in [2.24, 2.45) is 17.0 Å². The zero-order valence-corrected chi connectivity index (χ0v) is 11.3. The first-order valence-corrected chi connectivity index (χ1v) is 6.01. The van der Waals surface area contributed by atoms with Crippen molar-refractivity contribution >= 4 is 5.97 Å². The van der Waals surface area contributed by atoms with Crippen molar-refractivity contribution in [3.05, 3.63) is 20.6 Å². The maximum Gasteiger partial charge on any atom is 0.302 e. The van der Waals surface area contributed by atoms with Crippen molar-refractivity contribution in [3.63, 3.8) is 0 Å². The van der Waals surface area contributed by atoms with Gasteiger partial charge in [0.25, 0.3) is 5.09 Å². The van der Waals surface area contributed by atoms with Crippen LogP contribution in [0.5, 0.6) is 0 Å². The molecule has 20 heavy (non-hydrogen) atoms. The molecule has 1 aliphatic rings. The number of ether oxygens (including phenoxy) is 2. The van der Waals surface area contributed by atoms with Gasteiger partial charge in [0.05, 0.1) is 12.1 Å². The van der Waals surface area contributed by atoms with Crippen molar-refractivity contribution in [2.45, 2.75) is 39.2 Å². The fourth-order valence-corrected chi connectivity index (χ4v) is 2.06. The van der Waals surface area contributed by atoms with Gasteiger partial charge in [-0.3, -0.25) is 9.63 Å². The third-order valence-electron chi connectivity index (χ3n) is 3.37. The molecule has 0 N–H and O–H groups in total. The van der Waals surface area contributed by atoms with Gasteiger partial charge in [-0.25, -0.2) is 0 Å². The van der Waals surface area contributed by atoms with Crippen LogP contribution < -0.4 is 0 Å². The maximum absolute atomic E-state index is 10.8. The number of hydrogen-bond acceptors (Lipinski definition) is 7. The van der Waals surface area contributed by atoms with E-state index in [0.29, 0.717) is 0 Å². The summed E-state index contributed by atoms with van der Waals surface area (Å²) in [4.78, 5) is 28.3. The quantitative estimate of drug-likeness (QED) is 0.187. The molecular weight excluding hydrogens is 272 g/mol. The second kappa shape index (κ2) is 6.92. The SMILES string of the molecule is CC(=O)OCC1OC(O[N+](=O)[O-])C(N=[N+]=[N-])[C@@H](C)[C@@H]1C. The van der Waals surface area contributed by atoms with Crippen LogP contribution in [0.4, 0.5) is 0 Å². The third-order valence-corrected chi connectivity index (χ3v) is 3.37. The van der Waals surface area contributed by atoms with Gasteiger partial charge in [0.15, 0.2) is 0 Å². The van der Waals surface area contributed by atoms with Crippen molar-refractivity contribution in [1.82, 2.24) is 0 Å². The van der Waals surface area contributed by atoms with Crippen LogP contribution in [0.3, 0.4) is 0 Å². The summed E-state index contributed by atoms with van der Waals surface area (Å²) in [7, 11) is 0. The van der Waals surface area contributed by atoms with Gasteiger partial charge in [-0.2, -0.15) is 0 Å². The molecule has 1 rings (SSSR count). The Bertz CT molecular complexity index is 424. The molecule has 0 aromatic heterocycles. The fraction of sp³-hybridized carbons (Fsp3) is 0.900. The van der Waals surface area contributed by atoms with E-state index in [1.807, 2.05) is 6.92 Å². The zero-order chi connectivity index (χ0) is 15.3. The van der Waals surface area contributed by atoms with Gasteiger partial charge in [-0.15, -0.1) is 10.1 Å². The summed E-state index contributed by atoms with van der Waals surface area (Å²) in [6.45, 7) is 4.80. The largest absolute Gasteiger partial charge is 0.463 e.